The average molecular weight is 309 g/mol. The molecule has 1 rings (SSSR count). The number of phenolic OH excluding ortho intramolecular Hbond substituents is 1. The van der Waals surface area contributed by atoms with Gasteiger partial charge in [-0.1, -0.05) is 0 Å². The van der Waals surface area contributed by atoms with Crippen LogP contribution in [-0.2, 0) is 9.53 Å². The summed E-state index contributed by atoms with van der Waals surface area (Å²) in [5.74, 6) is -2.91. The van der Waals surface area contributed by atoms with Crippen molar-refractivity contribution >= 4 is 21.9 Å². The molecule has 1 atom stereocenters. The SMILES string of the molecule is COC(=O)C(O)c1cc(Br)c(F)c(OC)c1O. The minimum Gasteiger partial charge on any atom is -0.504 e. The molecular formula is C10H10BrFO5. The highest BCUT2D eigenvalue weighted by Crippen LogP contribution is 2.40. The number of carbonyl (C=O) groups excluding carboxylic acids is 1. The van der Waals surface area contributed by atoms with Crippen LogP contribution in [0.2, 0.25) is 0 Å². The Morgan fingerprint density at radius 1 is 1.53 bits per heavy atom. The van der Waals surface area contributed by atoms with Gasteiger partial charge in [0.25, 0.3) is 0 Å². The molecule has 0 fully saturated rings. The molecule has 0 bridgehead atoms. The van der Waals surface area contributed by atoms with E-state index in [-0.39, 0.29) is 10.0 Å². The maximum atomic E-state index is 13.5. The molecule has 1 aromatic carbocycles. The van der Waals surface area contributed by atoms with Gasteiger partial charge in [0.05, 0.1) is 18.7 Å². The zero-order valence-corrected chi connectivity index (χ0v) is 10.6. The topological polar surface area (TPSA) is 76.0 Å². The lowest BCUT2D eigenvalue weighted by Gasteiger charge is -2.14. The molecule has 0 saturated carbocycles. The Kier molecular flexibility index (Phi) is 4.30. The molecule has 0 radical (unpaired) electrons. The first-order valence-electron chi connectivity index (χ1n) is 4.44. The lowest BCUT2D eigenvalue weighted by atomic mass is 10.1. The van der Waals surface area contributed by atoms with Crippen LogP contribution in [-0.4, -0.2) is 30.4 Å². The number of carbonyl (C=O) groups is 1. The summed E-state index contributed by atoms with van der Waals surface area (Å²) in [5.41, 5.74) is -0.207. The van der Waals surface area contributed by atoms with Gasteiger partial charge in [-0.15, -0.1) is 0 Å². The van der Waals surface area contributed by atoms with Crippen LogP contribution >= 0.6 is 15.9 Å². The maximum Gasteiger partial charge on any atom is 0.339 e. The molecule has 1 unspecified atom stereocenters. The van der Waals surface area contributed by atoms with Crippen LogP contribution in [0.3, 0.4) is 0 Å². The van der Waals surface area contributed by atoms with E-state index in [9.17, 15) is 19.4 Å². The van der Waals surface area contributed by atoms with Crippen molar-refractivity contribution in [1.29, 1.82) is 0 Å². The first-order valence-corrected chi connectivity index (χ1v) is 5.24. The van der Waals surface area contributed by atoms with Crippen molar-refractivity contribution in [2.75, 3.05) is 14.2 Å². The average Bonchev–Trinajstić information content (AvgIpc) is 2.32. The van der Waals surface area contributed by atoms with Gasteiger partial charge in [-0.2, -0.15) is 0 Å². The Bertz CT molecular complexity index is 449. The second-order valence-electron chi connectivity index (χ2n) is 3.07. The van der Waals surface area contributed by atoms with Crippen LogP contribution in [0.25, 0.3) is 0 Å². The van der Waals surface area contributed by atoms with E-state index in [1.165, 1.54) is 0 Å². The molecule has 7 heteroatoms. The fourth-order valence-electron chi connectivity index (χ4n) is 1.25. The van der Waals surface area contributed by atoms with Gasteiger partial charge < -0.3 is 19.7 Å². The predicted octanol–water partition coefficient (Wildman–Crippen LogP) is 1.51. The van der Waals surface area contributed by atoms with Crippen LogP contribution in [0.5, 0.6) is 11.5 Å². The number of aromatic hydroxyl groups is 1. The number of rotatable bonds is 3. The van der Waals surface area contributed by atoms with Gasteiger partial charge in [0.15, 0.2) is 23.4 Å². The van der Waals surface area contributed by atoms with Gasteiger partial charge in [-0.3, -0.25) is 0 Å². The molecule has 0 aliphatic carbocycles. The molecule has 1 aromatic rings. The van der Waals surface area contributed by atoms with Crippen LogP contribution in [0.1, 0.15) is 11.7 Å². The zero-order valence-electron chi connectivity index (χ0n) is 9.03. The van der Waals surface area contributed by atoms with E-state index < -0.39 is 29.4 Å². The smallest absolute Gasteiger partial charge is 0.339 e. The Labute approximate surface area is 105 Å². The summed E-state index contributed by atoms with van der Waals surface area (Å²) < 4.78 is 22.4. The number of aliphatic hydroxyl groups excluding tert-OH is 1. The minimum absolute atomic E-state index is 0.0508. The van der Waals surface area contributed by atoms with Gasteiger partial charge in [0.2, 0.25) is 0 Å². The Hall–Kier alpha value is -1.34. The number of ether oxygens (including phenoxy) is 2. The number of halogens is 2. The third kappa shape index (κ3) is 2.50. The summed E-state index contributed by atoms with van der Waals surface area (Å²) >= 11 is 2.88. The lowest BCUT2D eigenvalue weighted by molar-refractivity contribution is -0.150. The summed E-state index contributed by atoms with van der Waals surface area (Å²) in [6.07, 6.45) is -1.72. The van der Waals surface area contributed by atoms with E-state index in [0.717, 1.165) is 20.3 Å². The van der Waals surface area contributed by atoms with E-state index in [1.807, 2.05) is 0 Å². The zero-order chi connectivity index (χ0) is 13.2. The van der Waals surface area contributed by atoms with Gasteiger partial charge in [-0.25, -0.2) is 9.18 Å². The first-order chi connectivity index (χ1) is 7.93. The van der Waals surface area contributed by atoms with Crippen molar-refractivity contribution in [3.63, 3.8) is 0 Å². The molecule has 2 N–H and O–H groups in total. The summed E-state index contributed by atoms with van der Waals surface area (Å²) in [5, 5.41) is 19.2. The second kappa shape index (κ2) is 5.33. The van der Waals surface area contributed by atoms with Gasteiger partial charge in [-0.05, 0) is 22.0 Å². The largest absolute Gasteiger partial charge is 0.504 e. The molecule has 0 aliphatic rings. The number of benzene rings is 1. The van der Waals surface area contributed by atoms with E-state index in [0.29, 0.717) is 0 Å². The maximum absolute atomic E-state index is 13.5. The number of phenols is 1. The predicted molar refractivity (Wildman–Crippen MR) is 59.3 cm³/mol. The van der Waals surface area contributed by atoms with E-state index >= 15 is 0 Å². The highest BCUT2D eigenvalue weighted by Gasteiger charge is 2.26. The molecular weight excluding hydrogens is 299 g/mol. The van der Waals surface area contributed by atoms with Gasteiger partial charge in [0, 0.05) is 5.56 Å². The van der Waals surface area contributed by atoms with E-state index in [1.54, 1.807) is 0 Å². The number of aliphatic hydroxyl groups is 1. The monoisotopic (exact) mass is 308 g/mol. The van der Waals surface area contributed by atoms with Crippen LogP contribution in [0, 0.1) is 5.82 Å². The Balaban J connectivity index is 3.35. The van der Waals surface area contributed by atoms with Crippen molar-refractivity contribution < 1.29 is 28.9 Å². The van der Waals surface area contributed by atoms with E-state index in [2.05, 4.69) is 25.4 Å². The van der Waals surface area contributed by atoms with Crippen molar-refractivity contribution in [2.24, 2.45) is 0 Å². The number of hydrogen-bond acceptors (Lipinski definition) is 5. The third-order valence-corrected chi connectivity index (χ3v) is 2.68. The van der Waals surface area contributed by atoms with Crippen molar-refractivity contribution in [1.82, 2.24) is 0 Å². The van der Waals surface area contributed by atoms with Crippen LogP contribution in [0.15, 0.2) is 10.5 Å². The molecule has 0 heterocycles. The quantitative estimate of drug-likeness (QED) is 0.828. The third-order valence-electron chi connectivity index (χ3n) is 2.10. The molecule has 0 saturated heterocycles. The van der Waals surface area contributed by atoms with Crippen molar-refractivity contribution in [2.45, 2.75) is 6.10 Å². The molecule has 0 spiro atoms. The molecule has 17 heavy (non-hydrogen) atoms. The fraction of sp³-hybridized carbons (Fsp3) is 0.300. The van der Waals surface area contributed by atoms with Crippen molar-refractivity contribution in [3.05, 3.63) is 21.9 Å². The van der Waals surface area contributed by atoms with Crippen molar-refractivity contribution in [3.8, 4) is 11.5 Å². The highest BCUT2D eigenvalue weighted by molar-refractivity contribution is 9.10. The Morgan fingerprint density at radius 2 is 2.12 bits per heavy atom. The van der Waals surface area contributed by atoms with Crippen LogP contribution in [0.4, 0.5) is 4.39 Å². The Morgan fingerprint density at radius 3 is 2.59 bits per heavy atom. The fourth-order valence-corrected chi connectivity index (χ4v) is 1.67. The van der Waals surface area contributed by atoms with Gasteiger partial charge in [0.1, 0.15) is 0 Å². The highest BCUT2D eigenvalue weighted by atomic mass is 79.9. The van der Waals surface area contributed by atoms with Crippen LogP contribution < -0.4 is 4.74 Å². The number of methoxy groups -OCH3 is 2. The second-order valence-corrected chi connectivity index (χ2v) is 3.92. The summed E-state index contributed by atoms with van der Waals surface area (Å²) in [7, 11) is 2.23. The van der Waals surface area contributed by atoms with Gasteiger partial charge >= 0.3 is 5.97 Å². The number of hydrogen-bond donors (Lipinski definition) is 2. The van der Waals surface area contributed by atoms with E-state index in [4.69, 9.17) is 0 Å². The normalized spacial score (nSPS) is 12.1. The standard InChI is InChI=1S/C10H10BrFO5/c1-16-9-6(12)5(11)3-4(7(9)13)8(14)10(15)17-2/h3,8,13-14H,1-2H3. The lowest BCUT2D eigenvalue weighted by Crippen LogP contribution is -2.14. The molecule has 94 valence electrons. The molecule has 0 amide bonds. The summed E-state index contributed by atoms with van der Waals surface area (Å²) in [6.45, 7) is 0. The summed E-state index contributed by atoms with van der Waals surface area (Å²) in [6, 6.07) is 1.08. The first kappa shape index (κ1) is 13.7. The summed E-state index contributed by atoms with van der Waals surface area (Å²) in [4.78, 5) is 11.1. The minimum atomic E-state index is -1.72. The molecule has 0 aromatic heterocycles. The molecule has 5 nitrogen and oxygen atoms in total. The molecule has 0 aliphatic heterocycles. The number of esters is 1.